The molecule has 3 nitrogen and oxygen atoms in total. The van der Waals surface area contributed by atoms with Crippen LogP contribution in [0.5, 0.6) is 5.75 Å². The second-order valence-electron chi connectivity index (χ2n) is 4.32. The van der Waals surface area contributed by atoms with Gasteiger partial charge in [-0.05, 0) is 26.0 Å². The molecule has 1 unspecified atom stereocenters. The summed E-state index contributed by atoms with van der Waals surface area (Å²) in [5.74, 6) is 0.407. The molecule has 17 heavy (non-hydrogen) atoms. The van der Waals surface area contributed by atoms with Crippen LogP contribution in [0.25, 0.3) is 0 Å². The summed E-state index contributed by atoms with van der Waals surface area (Å²) in [7, 11) is 0. The van der Waals surface area contributed by atoms with Crippen molar-refractivity contribution in [1.82, 2.24) is 0 Å². The average Bonchev–Trinajstić information content (AvgIpc) is 2.28. The summed E-state index contributed by atoms with van der Waals surface area (Å²) in [6, 6.07) is 9.12. The third-order valence-electron chi connectivity index (χ3n) is 2.34. The smallest absolute Gasteiger partial charge is 0.166 e. The van der Waals surface area contributed by atoms with Crippen molar-refractivity contribution in [3.05, 3.63) is 29.8 Å². The molecule has 3 heteroatoms. The van der Waals surface area contributed by atoms with Crippen molar-refractivity contribution in [3.63, 3.8) is 0 Å². The van der Waals surface area contributed by atoms with Crippen LogP contribution >= 0.6 is 0 Å². The summed E-state index contributed by atoms with van der Waals surface area (Å²) < 4.78 is 5.53. The lowest BCUT2D eigenvalue weighted by atomic mass is 9.97. The minimum Gasteiger partial charge on any atom is -0.491 e. The molecule has 90 valence electrons. The fourth-order valence-corrected chi connectivity index (χ4v) is 1.51. The first-order valence-corrected chi connectivity index (χ1v) is 5.72. The number of hydrogen-bond acceptors (Lipinski definition) is 3. The van der Waals surface area contributed by atoms with Crippen molar-refractivity contribution in [1.29, 1.82) is 5.26 Å². The van der Waals surface area contributed by atoms with Gasteiger partial charge in [0, 0.05) is 17.9 Å². The van der Waals surface area contributed by atoms with Gasteiger partial charge in [-0.25, -0.2) is 0 Å². The van der Waals surface area contributed by atoms with Crippen LogP contribution in [0.4, 0.5) is 0 Å². The largest absolute Gasteiger partial charge is 0.491 e. The monoisotopic (exact) mass is 231 g/mol. The molecule has 1 aromatic rings. The molecule has 0 amide bonds. The molecule has 0 aliphatic rings. The van der Waals surface area contributed by atoms with Gasteiger partial charge in [0.05, 0.1) is 12.2 Å². The van der Waals surface area contributed by atoms with E-state index in [0.717, 1.165) is 0 Å². The zero-order valence-corrected chi connectivity index (χ0v) is 10.4. The highest BCUT2D eigenvalue weighted by molar-refractivity contribution is 5.98. The van der Waals surface area contributed by atoms with Crippen molar-refractivity contribution in [2.45, 2.75) is 33.3 Å². The molecule has 0 aliphatic carbocycles. The van der Waals surface area contributed by atoms with E-state index in [1.807, 2.05) is 26.0 Å². The number of hydrogen-bond donors (Lipinski definition) is 0. The third-order valence-corrected chi connectivity index (χ3v) is 2.34. The Morgan fingerprint density at radius 3 is 2.71 bits per heavy atom. The molecular weight excluding hydrogens is 214 g/mol. The molecule has 1 aromatic carbocycles. The maximum absolute atomic E-state index is 12.0. The number of carbonyl (C=O) groups is 1. The molecule has 0 saturated carbocycles. The summed E-state index contributed by atoms with van der Waals surface area (Å²) in [4.78, 5) is 12.0. The fourth-order valence-electron chi connectivity index (χ4n) is 1.51. The Morgan fingerprint density at radius 2 is 2.12 bits per heavy atom. The van der Waals surface area contributed by atoms with E-state index in [1.54, 1.807) is 25.1 Å². The van der Waals surface area contributed by atoms with Crippen LogP contribution < -0.4 is 4.74 Å². The SMILES string of the molecule is CC(C)Oc1cccc(C(=O)C(C)CC#N)c1. The molecular formula is C14H17NO2. The number of nitriles is 1. The lowest BCUT2D eigenvalue weighted by molar-refractivity contribution is 0.0931. The number of rotatable bonds is 5. The molecule has 0 N–H and O–H groups in total. The summed E-state index contributed by atoms with van der Waals surface area (Å²) in [5, 5.41) is 8.58. The van der Waals surface area contributed by atoms with E-state index in [2.05, 4.69) is 0 Å². The van der Waals surface area contributed by atoms with Crippen LogP contribution in [-0.4, -0.2) is 11.9 Å². The van der Waals surface area contributed by atoms with Crippen LogP contribution in [0, 0.1) is 17.2 Å². The number of carbonyl (C=O) groups excluding carboxylic acids is 1. The van der Waals surface area contributed by atoms with Gasteiger partial charge in [0.1, 0.15) is 5.75 Å². The summed E-state index contributed by atoms with van der Waals surface area (Å²) in [6.45, 7) is 5.64. The molecule has 0 fully saturated rings. The summed E-state index contributed by atoms with van der Waals surface area (Å²) in [5.41, 5.74) is 0.603. The van der Waals surface area contributed by atoms with E-state index in [4.69, 9.17) is 10.00 Å². The highest BCUT2D eigenvalue weighted by Crippen LogP contribution is 2.18. The Kier molecular flexibility index (Phi) is 4.71. The molecule has 1 rings (SSSR count). The van der Waals surface area contributed by atoms with Gasteiger partial charge in [0.15, 0.2) is 5.78 Å². The second kappa shape index (κ2) is 6.05. The van der Waals surface area contributed by atoms with E-state index < -0.39 is 0 Å². The molecule has 0 radical (unpaired) electrons. The normalized spacial score (nSPS) is 11.9. The van der Waals surface area contributed by atoms with Gasteiger partial charge in [0.25, 0.3) is 0 Å². The Bertz CT molecular complexity index is 432. The topological polar surface area (TPSA) is 50.1 Å². The minimum absolute atomic E-state index is 0.0132. The first-order valence-electron chi connectivity index (χ1n) is 5.72. The maximum Gasteiger partial charge on any atom is 0.166 e. The maximum atomic E-state index is 12.0. The predicted octanol–water partition coefficient (Wildman–Crippen LogP) is 3.21. The van der Waals surface area contributed by atoms with Gasteiger partial charge in [-0.2, -0.15) is 5.26 Å². The molecule has 0 heterocycles. The zero-order chi connectivity index (χ0) is 12.8. The van der Waals surface area contributed by atoms with Crippen molar-refractivity contribution in [2.24, 2.45) is 5.92 Å². The van der Waals surface area contributed by atoms with E-state index in [1.165, 1.54) is 0 Å². The van der Waals surface area contributed by atoms with E-state index in [-0.39, 0.29) is 24.2 Å². The fraction of sp³-hybridized carbons (Fsp3) is 0.429. The summed E-state index contributed by atoms with van der Waals surface area (Å²) in [6.07, 6.45) is 0.325. The lowest BCUT2D eigenvalue weighted by Crippen LogP contribution is -2.11. The first kappa shape index (κ1) is 13.2. The molecule has 1 atom stereocenters. The van der Waals surface area contributed by atoms with E-state index in [9.17, 15) is 4.79 Å². The van der Waals surface area contributed by atoms with Crippen LogP contribution in [0.2, 0.25) is 0 Å². The van der Waals surface area contributed by atoms with Gasteiger partial charge in [-0.1, -0.05) is 19.1 Å². The van der Waals surface area contributed by atoms with Crippen LogP contribution in [-0.2, 0) is 0 Å². The molecule has 0 bridgehead atoms. The Morgan fingerprint density at radius 1 is 1.41 bits per heavy atom. The third kappa shape index (κ3) is 3.92. The second-order valence-corrected chi connectivity index (χ2v) is 4.32. The Labute approximate surface area is 102 Å². The molecule has 0 spiro atoms. The average molecular weight is 231 g/mol. The lowest BCUT2D eigenvalue weighted by Gasteiger charge is -2.11. The van der Waals surface area contributed by atoms with Crippen LogP contribution in [0.15, 0.2) is 24.3 Å². The quantitative estimate of drug-likeness (QED) is 0.731. The number of Topliss-reactive ketones (excluding diaryl/α,β-unsaturated/α-hetero) is 1. The van der Waals surface area contributed by atoms with Crippen molar-refractivity contribution < 1.29 is 9.53 Å². The number of nitrogens with zero attached hydrogens (tertiary/aromatic N) is 1. The van der Waals surface area contributed by atoms with Gasteiger partial charge < -0.3 is 4.74 Å². The first-order chi connectivity index (χ1) is 8.04. The standard InChI is InChI=1S/C14H17NO2/c1-10(2)17-13-6-4-5-12(9-13)14(16)11(3)7-8-15/h4-6,9-11H,7H2,1-3H3. The number of ether oxygens (including phenoxy) is 1. The highest BCUT2D eigenvalue weighted by Gasteiger charge is 2.15. The highest BCUT2D eigenvalue weighted by atomic mass is 16.5. The van der Waals surface area contributed by atoms with Gasteiger partial charge in [-0.15, -0.1) is 0 Å². The van der Waals surface area contributed by atoms with Gasteiger partial charge in [-0.3, -0.25) is 4.79 Å². The van der Waals surface area contributed by atoms with Gasteiger partial charge in [0.2, 0.25) is 0 Å². The van der Waals surface area contributed by atoms with Crippen LogP contribution in [0.1, 0.15) is 37.6 Å². The van der Waals surface area contributed by atoms with E-state index >= 15 is 0 Å². The molecule has 0 aliphatic heterocycles. The summed E-state index contributed by atoms with van der Waals surface area (Å²) >= 11 is 0. The van der Waals surface area contributed by atoms with E-state index in [0.29, 0.717) is 11.3 Å². The van der Waals surface area contributed by atoms with Crippen molar-refractivity contribution in [3.8, 4) is 11.8 Å². The van der Waals surface area contributed by atoms with Crippen LogP contribution in [0.3, 0.4) is 0 Å². The Balaban J connectivity index is 2.84. The predicted molar refractivity (Wildman–Crippen MR) is 65.9 cm³/mol. The molecule has 0 saturated heterocycles. The van der Waals surface area contributed by atoms with Crippen molar-refractivity contribution >= 4 is 5.78 Å². The van der Waals surface area contributed by atoms with Crippen molar-refractivity contribution in [2.75, 3.05) is 0 Å². The van der Waals surface area contributed by atoms with Gasteiger partial charge >= 0.3 is 0 Å². The zero-order valence-electron chi connectivity index (χ0n) is 10.4. The number of benzene rings is 1. The Hall–Kier alpha value is -1.82. The minimum atomic E-state index is -0.269. The number of ketones is 1. The molecule has 0 aromatic heterocycles.